The van der Waals surface area contributed by atoms with Crippen molar-refractivity contribution >= 4 is 34.5 Å². The van der Waals surface area contributed by atoms with Gasteiger partial charge < -0.3 is 11.1 Å². The van der Waals surface area contributed by atoms with Gasteiger partial charge in [-0.15, -0.1) is 0 Å². The molecule has 1 unspecified atom stereocenters. The standard InChI is InChI=1S/C15H14ClFN2S/c1-9(11-4-2-3-5-13(11)16)19-10-6-7-12(15(18)20)14(17)8-10/h2-9,19H,1H3,(H2,18,20). The predicted octanol–water partition coefficient (Wildman–Crippen LogP) is 4.29. The molecule has 0 spiro atoms. The molecule has 0 saturated heterocycles. The van der Waals surface area contributed by atoms with Crippen LogP contribution < -0.4 is 11.1 Å². The Morgan fingerprint density at radius 3 is 2.60 bits per heavy atom. The van der Waals surface area contributed by atoms with E-state index in [0.29, 0.717) is 10.7 Å². The maximum Gasteiger partial charge on any atom is 0.135 e. The smallest absolute Gasteiger partial charge is 0.135 e. The Labute approximate surface area is 127 Å². The monoisotopic (exact) mass is 308 g/mol. The molecule has 0 aliphatic heterocycles. The molecule has 20 heavy (non-hydrogen) atoms. The summed E-state index contributed by atoms with van der Waals surface area (Å²) in [4.78, 5) is 0.0493. The predicted molar refractivity (Wildman–Crippen MR) is 85.8 cm³/mol. The van der Waals surface area contributed by atoms with Crippen molar-refractivity contribution in [3.63, 3.8) is 0 Å². The van der Waals surface area contributed by atoms with Crippen molar-refractivity contribution in [1.29, 1.82) is 0 Å². The van der Waals surface area contributed by atoms with Gasteiger partial charge in [0.15, 0.2) is 0 Å². The molecule has 0 saturated carbocycles. The summed E-state index contributed by atoms with van der Waals surface area (Å²) in [5.41, 5.74) is 7.28. The van der Waals surface area contributed by atoms with Crippen LogP contribution in [0.1, 0.15) is 24.1 Å². The van der Waals surface area contributed by atoms with Crippen LogP contribution in [0.3, 0.4) is 0 Å². The highest BCUT2D eigenvalue weighted by molar-refractivity contribution is 7.80. The number of halogens is 2. The summed E-state index contributed by atoms with van der Waals surface area (Å²) in [6.07, 6.45) is 0. The van der Waals surface area contributed by atoms with Gasteiger partial charge in [0.25, 0.3) is 0 Å². The summed E-state index contributed by atoms with van der Waals surface area (Å²) >= 11 is 10.9. The van der Waals surface area contributed by atoms with Gasteiger partial charge >= 0.3 is 0 Å². The van der Waals surface area contributed by atoms with E-state index in [2.05, 4.69) is 5.32 Å². The lowest BCUT2D eigenvalue weighted by atomic mass is 10.1. The lowest BCUT2D eigenvalue weighted by Gasteiger charge is -2.17. The van der Waals surface area contributed by atoms with Crippen LogP contribution >= 0.6 is 23.8 Å². The third-order valence-corrected chi connectivity index (χ3v) is 3.55. The van der Waals surface area contributed by atoms with Crippen molar-refractivity contribution in [2.24, 2.45) is 5.73 Å². The maximum atomic E-state index is 13.8. The molecule has 2 nitrogen and oxygen atoms in total. The number of hydrogen-bond acceptors (Lipinski definition) is 2. The van der Waals surface area contributed by atoms with Crippen LogP contribution in [0.25, 0.3) is 0 Å². The zero-order valence-electron chi connectivity index (χ0n) is 10.9. The van der Waals surface area contributed by atoms with Gasteiger partial charge in [-0.3, -0.25) is 0 Å². The molecule has 2 rings (SSSR count). The average molecular weight is 309 g/mol. The minimum absolute atomic E-state index is 0.0428. The molecule has 0 bridgehead atoms. The van der Waals surface area contributed by atoms with E-state index in [-0.39, 0.29) is 16.6 Å². The Bertz CT molecular complexity index is 646. The Kier molecular flexibility index (Phi) is 4.57. The van der Waals surface area contributed by atoms with Crippen LogP contribution in [0.15, 0.2) is 42.5 Å². The van der Waals surface area contributed by atoms with Gasteiger partial charge in [-0.1, -0.05) is 42.0 Å². The van der Waals surface area contributed by atoms with Crippen LogP contribution in [0.2, 0.25) is 5.02 Å². The minimum atomic E-state index is -0.436. The fourth-order valence-corrected chi connectivity index (χ4v) is 2.42. The Balaban J connectivity index is 2.20. The van der Waals surface area contributed by atoms with Crippen molar-refractivity contribution in [2.45, 2.75) is 13.0 Å². The molecule has 0 radical (unpaired) electrons. The summed E-state index contributed by atoms with van der Waals surface area (Å²) in [6, 6.07) is 12.2. The molecule has 0 heterocycles. The first kappa shape index (κ1) is 14.8. The van der Waals surface area contributed by atoms with Gasteiger partial charge in [-0.05, 0) is 36.8 Å². The largest absolute Gasteiger partial charge is 0.389 e. The maximum absolute atomic E-state index is 13.8. The van der Waals surface area contributed by atoms with E-state index in [9.17, 15) is 4.39 Å². The first-order chi connectivity index (χ1) is 9.49. The number of hydrogen-bond donors (Lipinski definition) is 2. The molecule has 104 valence electrons. The second-order valence-corrected chi connectivity index (χ2v) is 5.29. The van der Waals surface area contributed by atoms with Crippen LogP contribution in [-0.2, 0) is 0 Å². The third kappa shape index (κ3) is 3.26. The quantitative estimate of drug-likeness (QED) is 0.828. The average Bonchev–Trinajstić information content (AvgIpc) is 2.38. The highest BCUT2D eigenvalue weighted by Gasteiger charge is 2.11. The van der Waals surface area contributed by atoms with Crippen LogP contribution in [-0.4, -0.2) is 4.99 Å². The SMILES string of the molecule is CC(Nc1ccc(C(N)=S)c(F)c1)c1ccccc1Cl. The lowest BCUT2D eigenvalue weighted by molar-refractivity contribution is 0.625. The van der Waals surface area contributed by atoms with Crippen LogP contribution in [0.5, 0.6) is 0 Å². The van der Waals surface area contributed by atoms with Crippen LogP contribution in [0, 0.1) is 5.82 Å². The summed E-state index contributed by atoms with van der Waals surface area (Å²) in [6.45, 7) is 1.96. The van der Waals surface area contributed by atoms with Crippen LogP contribution in [0.4, 0.5) is 10.1 Å². The van der Waals surface area contributed by atoms with Crippen molar-refractivity contribution < 1.29 is 4.39 Å². The highest BCUT2D eigenvalue weighted by Crippen LogP contribution is 2.26. The van der Waals surface area contributed by atoms with E-state index >= 15 is 0 Å². The molecule has 0 fully saturated rings. The lowest BCUT2D eigenvalue weighted by Crippen LogP contribution is -2.12. The van der Waals surface area contributed by atoms with E-state index in [0.717, 1.165) is 5.56 Å². The van der Waals surface area contributed by atoms with Gasteiger partial charge in [-0.2, -0.15) is 0 Å². The van der Waals surface area contributed by atoms with E-state index in [1.54, 1.807) is 12.1 Å². The van der Waals surface area contributed by atoms with Gasteiger partial charge in [-0.25, -0.2) is 4.39 Å². The number of nitrogens with one attached hydrogen (secondary N) is 1. The van der Waals surface area contributed by atoms with Gasteiger partial charge in [0, 0.05) is 22.3 Å². The molecule has 5 heteroatoms. The molecule has 1 atom stereocenters. The molecular formula is C15H14ClFN2S. The van der Waals surface area contributed by atoms with E-state index in [1.807, 2.05) is 31.2 Å². The van der Waals surface area contributed by atoms with Gasteiger partial charge in [0.1, 0.15) is 10.8 Å². The second kappa shape index (κ2) is 6.20. The molecule has 2 aromatic rings. The van der Waals surface area contributed by atoms with Crippen molar-refractivity contribution in [3.05, 3.63) is 64.4 Å². The number of anilines is 1. The van der Waals surface area contributed by atoms with E-state index in [4.69, 9.17) is 29.6 Å². The first-order valence-corrected chi connectivity index (χ1v) is 6.88. The Hall–Kier alpha value is -1.65. The van der Waals surface area contributed by atoms with Crippen molar-refractivity contribution in [3.8, 4) is 0 Å². The van der Waals surface area contributed by atoms with Gasteiger partial charge in [0.2, 0.25) is 0 Å². The number of thiocarbonyl (C=S) groups is 1. The zero-order valence-corrected chi connectivity index (χ0v) is 12.4. The summed E-state index contributed by atoms with van der Waals surface area (Å²) in [5.74, 6) is -0.436. The highest BCUT2D eigenvalue weighted by atomic mass is 35.5. The molecule has 0 aliphatic rings. The number of nitrogens with two attached hydrogens (primary N) is 1. The Morgan fingerprint density at radius 2 is 2.00 bits per heavy atom. The topological polar surface area (TPSA) is 38.0 Å². The molecule has 0 amide bonds. The second-order valence-electron chi connectivity index (χ2n) is 4.45. The zero-order chi connectivity index (χ0) is 14.7. The summed E-state index contributed by atoms with van der Waals surface area (Å²) in [5, 5.41) is 3.87. The van der Waals surface area contributed by atoms with Gasteiger partial charge in [0.05, 0.1) is 0 Å². The molecule has 0 aromatic heterocycles. The fourth-order valence-electron chi connectivity index (χ4n) is 1.96. The van der Waals surface area contributed by atoms with Crippen molar-refractivity contribution in [2.75, 3.05) is 5.32 Å². The minimum Gasteiger partial charge on any atom is -0.389 e. The third-order valence-electron chi connectivity index (χ3n) is 2.99. The normalized spacial score (nSPS) is 11.9. The van der Waals surface area contributed by atoms with Crippen molar-refractivity contribution in [1.82, 2.24) is 0 Å². The molecule has 0 aliphatic carbocycles. The number of rotatable bonds is 4. The molecule has 2 aromatic carbocycles. The molecule has 3 N–H and O–H groups in total. The molecular weight excluding hydrogens is 295 g/mol. The van der Waals surface area contributed by atoms with E-state index < -0.39 is 5.82 Å². The fraction of sp³-hybridized carbons (Fsp3) is 0.133. The first-order valence-electron chi connectivity index (χ1n) is 6.09. The Morgan fingerprint density at radius 1 is 1.30 bits per heavy atom. The summed E-state index contributed by atoms with van der Waals surface area (Å²) < 4.78 is 13.8. The summed E-state index contributed by atoms with van der Waals surface area (Å²) in [7, 11) is 0. The number of benzene rings is 2. The van der Waals surface area contributed by atoms with E-state index in [1.165, 1.54) is 6.07 Å².